The van der Waals surface area contributed by atoms with Gasteiger partial charge in [0.2, 0.25) is 9.84 Å². The van der Waals surface area contributed by atoms with E-state index in [1.54, 1.807) is 50.2 Å². The number of dihydropyridines is 1. The highest BCUT2D eigenvalue weighted by Crippen LogP contribution is 2.45. The lowest BCUT2D eigenvalue weighted by Crippen LogP contribution is -2.31. The number of rotatable bonds is 8. The molecule has 8 heteroatoms. The lowest BCUT2D eigenvalue weighted by atomic mass is 9.86. The van der Waals surface area contributed by atoms with Gasteiger partial charge in [-0.2, -0.15) is 0 Å². The molecule has 1 atom stereocenters. The van der Waals surface area contributed by atoms with Crippen LogP contribution in [0, 0.1) is 0 Å². The minimum absolute atomic E-state index is 0.0567. The van der Waals surface area contributed by atoms with Gasteiger partial charge in [-0.15, -0.1) is 0 Å². The van der Waals surface area contributed by atoms with E-state index in [4.69, 9.17) is 21.1 Å². The summed E-state index contributed by atoms with van der Waals surface area (Å²) >= 11 is 6.48. The van der Waals surface area contributed by atoms with E-state index in [0.29, 0.717) is 34.3 Å². The maximum Gasteiger partial charge on any atom is 0.336 e. The number of halogens is 1. The van der Waals surface area contributed by atoms with Gasteiger partial charge in [0, 0.05) is 16.4 Å². The first kappa shape index (κ1) is 24.9. The molecule has 0 fully saturated rings. The van der Waals surface area contributed by atoms with Gasteiger partial charge in [0.15, 0.2) is 0 Å². The van der Waals surface area contributed by atoms with Crippen molar-refractivity contribution >= 4 is 27.4 Å². The predicted octanol–water partition coefficient (Wildman–Crippen LogP) is 5.36. The summed E-state index contributed by atoms with van der Waals surface area (Å²) in [7, 11) is -2.74. The van der Waals surface area contributed by atoms with Gasteiger partial charge in [-0.1, -0.05) is 43.1 Å². The molecule has 0 aromatic heterocycles. The van der Waals surface area contributed by atoms with Crippen molar-refractivity contribution in [1.29, 1.82) is 0 Å². The number of unbranched alkanes of at least 4 members (excludes halogenated alkanes) is 1. The van der Waals surface area contributed by atoms with Crippen LogP contribution in [0.4, 0.5) is 0 Å². The van der Waals surface area contributed by atoms with Crippen molar-refractivity contribution in [2.24, 2.45) is 0 Å². The summed E-state index contributed by atoms with van der Waals surface area (Å²) in [6.07, 6.45) is 1.92. The first-order chi connectivity index (χ1) is 15.7. The summed E-state index contributed by atoms with van der Waals surface area (Å²) in [6, 6.07) is 13.2. The van der Waals surface area contributed by atoms with E-state index in [1.165, 1.54) is 19.2 Å². The Morgan fingerprint density at radius 3 is 2.33 bits per heavy atom. The van der Waals surface area contributed by atoms with Crippen LogP contribution < -0.4 is 10.1 Å². The van der Waals surface area contributed by atoms with Crippen LogP contribution in [0.3, 0.4) is 0 Å². The molecule has 0 aliphatic carbocycles. The van der Waals surface area contributed by atoms with Gasteiger partial charge in [-0.05, 0) is 56.2 Å². The van der Waals surface area contributed by atoms with Crippen molar-refractivity contribution in [3.63, 3.8) is 0 Å². The molecule has 1 aliphatic rings. The zero-order chi connectivity index (χ0) is 24.2. The first-order valence-corrected chi connectivity index (χ1v) is 12.6. The summed E-state index contributed by atoms with van der Waals surface area (Å²) in [5.74, 6) is -0.939. The van der Waals surface area contributed by atoms with Crippen molar-refractivity contribution < 1.29 is 22.7 Å². The van der Waals surface area contributed by atoms with E-state index >= 15 is 0 Å². The molecule has 0 spiro atoms. The Hall–Kier alpha value is -2.77. The predicted molar refractivity (Wildman–Crippen MR) is 129 cm³/mol. The van der Waals surface area contributed by atoms with Crippen LogP contribution in [0.1, 0.15) is 45.1 Å². The number of nitrogens with one attached hydrogen (secondary N) is 1. The lowest BCUT2D eigenvalue weighted by Gasteiger charge is -2.31. The number of carbonyl (C=O) groups excluding carboxylic acids is 1. The normalized spacial score (nSPS) is 16.5. The maximum atomic E-state index is 13.9. The third kappa shape index (κ3) is 5.09. The van der Waals surface area contributed by atoms with Crippen LogP contribution in [0.25, 0.3) is 0 Å². The van der Waals surface area contributed by atoms with Gasteiger partial charge in [0.05, 0.1) is 35.0 Å². The molecule has 1 unspecified atom stereocenters. The Morgan fingerprint density at radius 2 is 1.73 bits per heavy atom. The highest BCUT2D eigenvalue weighted by Gasteiger charge is 2.41. The quantitative estimate of drug-likeness (QED) is 0.397. The fraction of sp³-hybridized carbons (Fsp3) is 0.320. The molecule has 2 aromatic carbocycles. The molecule has 1 aliphatic heterocycles. The van der Waals surface area contributed by atoms with Crippen LogP contribution in [0.2, 0.25) is 5.02 Å². The molecule has 176 valence electrons. The molecule has 6 nitrogen and oxygen atoms in total. The minimum Gasteiger partial charge on any atom is -0.494 e. The van der Waals surface area contributed by atoms with Gasteiger partial charge >= 0.3 is 5.97 Å². The molecular formula is C25H28ClNO5S. The summed E-state index contributed by atoms with van der Waals surface area (Å²) in [4.78, 5) is 12.9. The number of methoxy groups -OCH3 is 1. The molecule has 0 radical (unpaired) electrons. The molecule has 0 saturated heterocycles. The molecule has 3 rings (SSSR count). The smallest absolute Gasteiger partial charge is 0.336 e. The molecule has 0 bridgehead atoms. The number of allylic oxidation sites excluding steroid dienone is 3. The van der Waals surface area contributed by atoms with Gasteiger partial charge in [-0.25, -0.2) is 13.2 Å². The molecular weight excluding hydrogens is 462 g/mol. The highest BCUT2D eigenvalue weighted by atomic mass is 35.5. The van der Waals surface area contributed by atoms with Crippen molar-refractivity contribution in [2.75, 3.05) is 13.7 Å². The number of benzene rings is 2. The highest BCUT2D eigenvalue weighted by molar-refractivity contribution is 7.95. The molecule has 1 heterocycles. The fourth-order valence-corrected chi connectivity index (χ4v) is 5.90. The number of carbonyl (C=O) groups is 1. The third-order valence-corrected chi connectivity index (χ3v) is 7.87. The second-order valence-corrected chi connectivity index (χ2v) is 10.1. The Kier molecular flexibility index (Phi) is 7.87. The van der Waals surface area contributed by atoms with E-state index < -0.39 is 21.7 Å². The van der Waals surface area contributed by atoms with Gasteiger partial charge in [0.1, 0.15) is 5.75 Å². The topological polar surface area (TPSA) is 81.7 Å². The monoisotopic (exact) mass is 489 g/mol. The van der Waals surface area contributed by atoms with E-state index in [0.717, 1.165) is 12.8 Å². The van der Waals surface area contributed by atoms with Crippen LogP contribution in [-0.2, 0) is 19.4 Å². The number of sulfone groups is 1. The van der Waals surface area contributed by atoms with E-state index in [-0.39, 0.29) is 15.4 Å². The molecule has 1 N–H and O–H groups in total. The molecule has 33 heavy (non-hydrogen) atoms. The van der Waals surface area contributed by atoms with Gasteiger partial charge < -0.3 is 14.8 Å². The van der Waals surface area contributed by atoms with Crippen molar-refractivity contribution in [2.45, 2.75) is 44.4 Å². The average Bonchev–Trinajstić information content (AvgIpc) is 2.79. The summed E-state index contributed by atoms with van der Waals surface area (Å²) in [5.41, 5.74) is 1.66. The fourth-order valence-electron chi connectivity index (χ4n) is 3.89. The summed E-state index contributed by atoms with van der Waals surface area (Å²) < 4.78 is 38.4. The van der Waals surface area contributed by atoms with Crippen molar-refractivity contribution in [3.8, 4) is 5.75 Å². The van der Waals surface area contributed by atoms with Crippen molar-refractivity contribution in [3.05, 3.63) is 81.0 Å². The second kappa shape index (κ2) is 10.4. The zero-order valence-electron chi connectivity index (χ0n) is 19.1. The summed E-state index contributed by atoms with van der Waals surface area (Å²) in [6.45, 7) is 6.03. The van der Waals surface area contributed by atoms with E-state index in [1.807, 2.05) is 0 Å². The largest absolute Gasteiger partial charge is 0.494 e. The Labute approximate surface area is 200 Å². The van der Waals surface area contributed by atoms with Crippen molar-refractivity contribution in [1.82, 2.24) is 5.32 Å². The lowest BCUT2D eigenvalue weighted by molar-refractivity contribution is -0.136. The molecule has 2 aromatic rings. The van der Waals surface area contributed by atoms with E-state index in [9.17, 15) is 13.2 Å². The maximum absolute atomic E-state index is 13.9. The SMILES string of the molecule is CCCCOc1ccc(S(=O)(=O)C2=C(C)NC(C)=C(C(=O)OC)C2c2ccccc2Cl)cc1. The number of hydrogen-bond acceptors (Lipinski definition) is 6. The van der Waals surface area contributed by atoms with Gasteiger partial charge in [-0.3, -0.25) is 0 Å². The zero-order valence-corrected chi connectivity index (χ0v) is 20.7. The average molecular weight is 490 g/mol. The third-order valence-electron chi connectivity index (χ3n) is 5.51. The Morgan fingerprint density at radius 1 is 1.06 bits per heavy atom. The second-order valence-electron chi connectivity index (χ2n) is 7.78. The first-order valence-electron chi connectivity index (χ1n) is 10.7. The number of hydrogen-bond donors (Lipinski definition) is 1. The van der Waals surface area contributed by atoms with Crippen LogP contribution in [-0.4, -0.2) is 28.1 Å². The minimum atomic E-state index is -4.00. The Bertz CT molecular complexity index is 1200. The van der Waals surface area contributed by atoms with Crippen LogP contribution in [0.5, 0.6) is 5.75 Å². The number of ether oxygens (including phenoxy) is 2. The van der Waals surface area contributed by atoms with Crippen LogP contribution in [0.15, 0.2) is 75.3 Å². The van der Waals surface area contributed by atoms with Gasteiger partial charge in [0.25, 0.3) is 0 Å². The standard InChI is InChI=1S/C25H28ClNO5S/c1-5-6-15-32-18-11-13-19(14-12-18)33(29,30)24-17(3)27-16(2)22(25(28)31-4)23(24)20-9-7-8-10-21(20)26/h7-14,23,27H,5-6,15H2,1-4H3. The molecule has 0 amide bonds. The van der Waals surface area contributed by atoms with E-state index in [2.05, 4.69) is 12.2 Å². The Balaban J connectivity index is 2.13. The molecule has 0 saturated carbocycles. The summed E-state index contributed by atoms with van der Waals surface area (Å²) in [5, 5.41) is 3.41. The number of esters is 1. The van der Waals surface area contributed by atoms with Crippen LogP contribution >= 0.6 is 11.6 Å².